The molecule has 0 saturated carbocycles. The number of nitrogens with one attached hydrogen (secondary N) is 2. The predicted molar refractivity (Wildman–Crippen MR) is 65.2 cm³/mol. The van der Waals surface area contributed by atoms with Gasteiger partial charge in [0.2, 0.25) is 0 Å². The Bertz CT molecular complexity index is 460. The molecule has 0 fully saturated rings. The summed E-state index contributed by atoms with van der Waals surface area (Å²) in [7, 11) is 0. The summed E-state index contributed by atoms with van der Waals surface area (Å²) >= 11 is 1.85. The number of hydrogen-bond acceptors (Lipinski definition) is 1. The number of fused-ring (bicyclic) bond motifs is 1. The maximum Gasteiger partial charge on any atom is 0.314 e. The number of imidazole rings is 1. The molecule has 80 valence electrons. The van der Waals surface area contributed by atoms with Crippen LogP contribution in [0.15, 0.2) is 23.4 Å². The first-order chi connectivity index (χ1) is 7.15. The summed E-state index contributed by atoms with van der Waals surface area (Å²) in [6.45, 7) is 6.58. The fraction of sp³-hybridized carbons (Fsp3) is 0.417. The molecule has 0 spiro atoms. The van der Waals surface area contributed by atoms with Gasteiger partial charge in [0.1, 0.15) is 0 Å². The van der Waals surface area contributed by atoms with Crippen molar-refractivity contribution >= 4 is 22.8 Å². The van der Waals surface area contributed by atoms with Crippen molar-refractivity contribution in [1.29, 1.82) is 0 Å². The Morgan fingerprint density at radius 3 is 2.93 bits per heavy atom. The maximum absolute atomic E-state index is 3.40. The minimum absolute atomic E-state index is 0.719. The van der Waals surface area contributed by atoms with Gasteiger partial charge in [0.25, 0.3) is 0 Å². The van der Waals surface area contributed by atoms with E-state index < -0.39 is 0 Å². The van der Waals surface area contributed by atoms with Gasteiger partial charge < -0.3 is 0 Å². The Labute approximate surface area is 94.5 Å². The maximum atomic E-state index is 3.40. The number of thioether (sulfide) groups is 1. The third kappa shape index (κ3) is 2.53. The number of H-pyrrole nitrogens is 2. The first-order valence-electron chi connectivity index (χ1n) is 5.29. The second-order valence-corrected chi connectivity index (χ2v) is 5.36. The molecule has 15 heavy (non-hydrogen) atoms. The fourth-order valence-corrected chi connectivity index (χ4v) is 2.33. The van der Waals surface area contributed by atoms with E-state index in [0.717, 1.165) is 16.8 Å². The van der Waals surface area contributed by atoms with Gasteiger partial charge >= 0.3 is 5.16 Å². The molecule has 0 saturated heterocycles. The lowest BCUT2D eigenvalue weighted by Gasteiger charge is -1.96. The quantitative estimate of drug-likeness (QED) is 0.793. The van der Waals surface area contributed by atoms with Gasteiger partial charge in [-0.05, 0) is 42.3 Å². The first kappa shape index (κ1) is 10.6. The zero-order valence-electron chi connectivity index (χ0n) is 9.42. The van der Waals surface area contributed by atoms with Gasteiger partial charge in [-0.1, -0.05) is 19.9 Å². The van der Waals surface area contributed by atoms with E-state index in [4.69, 9.17) is 0 Å². The van der Waals surface area contributed by atoms with E-state index in [1.807, 2.05) is 11.8 Å². The first-order valence-corrected chi connectivity index (χ1v) is 6.28. The number of hydrogen-bond donors (Lipinski definition) is 1. The molecule has 1 aromatic heterocycles. The van der Waals surface area contributed by atoms with Gasteiger partial charge in [-0.25, -0.2) is 9.97 Å². The van der Waals surface area contributed by atoms with Gasteiger partial charge in [-0.3, -0.25) is 0 Å². The third-order valence-electron chi connectivity index (χ3n) is 2.23. The van der Waals surface area contributed by atoms with Crippen molar-refractivity contribution in [3.8, 4) is 0 Å². The number of benzene rings is 1. The van der Waals surface area contributed by atoms with Crippen LogP contribution in [0.4, 0.5) is 0 Å². The Morgan fingerprint density at radius 2 is 2.20 bits per heavy atom. The van der Waals surface area contributed by atoms with Gasteiger partial charge in [-0.2, -0.15) is 0 Å². The van der Waals surface area contributed by atoms with E-state index in [2.05, 4.69) is 48.9 Å². The monoisotopic (exact) mass is 221 g/mol. The highest BCUT2D eigenvalue weighted by Gasteiger charge is 2.10. The van der Waals surface area contributed by atoms with Crippen LogP contribution < -0.4 is 4.98 Å². The highest BCUT2D eigenvalue weighted by Crippen LogP contribution is 2.18. The minimum atomic E-state index is 0.719. The van der Waals surface area contributed by atoms with E-state index in [0.29, 0.717) is 0 Å². The predicted octanol–water partition coefficient (Wildman–Crippen LogP) is 3.04. The molecular weight excluding hydrogens is 204 g/mol. The van der Waals surface area contributed by atoms with E-state index in [1.165, 1.54) is 16.6 Å². The van der Waals surface area contributed by atoms with Crippen molar-refractivity contribution in [2.45, 2.75) is 25.9 Å². The summed E-state index contributed by atoms with van der Waals surface area (Å²) in [5.41, 5.74) is 3.67. The summed E-state index contributed by atoms with van der Waals surface area (Å²) < 4.78 is 0. The van der Waals surface area contributed by atoms with E-state index in [9.17, 15) is 0 Å². The fourth-order valence-electron chi connectivity index (χ4n) is 1.47. The molecule has 2 rings (SSSR count). The number of rotatable bonds is 3. The molecule has 2 nitrogen and oxygen atoms in total. The van der Waals surface area contributed by atoms with Gasteiger partial charge in [0.05, 0.1) is 0 Å². The lowest BCUT2D eigenvalue weighted by atomic mass is 10.2. The summed E-state index contributed by atoms with van der Waals surface area (Å²) in [6.07, 6.45) is 0. The molecule has 0 aliphatic rings. The number of aryl methyl sites for hydroxylation is 1. The van der Waals surface area contributed by atoms with E-state index in [-0.39, 0.29) is 0 Å². The highest BCUT2D eigenvalue weighted by molar-refractivity contribution is 7.99. The second kappa shape index (κ2) is 4.27. The molecule has 0 unspecified atom stereocenters. The second-order valence-electron chi connectivity index (χ2n) is 4.33. The van der Waals surface area contributed by atoms with Crippen LogP contribution in [-0.2, 0) is 0 Å². The molecule has 0 bridgehead atoms. The van der Waals surface area contributed by atoms with Crippen molar-refractivity contribution in [3.63, 3.8) is 0 Å². The van der Waals surface area contributed by atoms with Crippen LogP contribution in [0.25, 0.3) is 11.0 Å². The van der Waals surface area contributed by atoms with Crippen molar-refractivity contribution in [1.82, 2.24) is 4.98 Å². The molecular formula is C12H17N2S+. The molecule has 3 heteroatoms. The standard InChI is InChI=1S/C12H16N2S/c1-8(2)7-15-12-13-10-5-4-9(3)6-11(10)14-12/h4-6,8H,7H2,1-3H3,(H,13,14)/p+1. The van der Waals surface area contributed by atoms with Gasteiger partial charge in [0.15, 0.2) is 11.0 Å². The van der Waals surface area contributed by atoms with Crippen LogP contribution in [0.2, 0.25) is 0 Å². The number of aromatic amines is 2. The van der Waals surface area contributed by atoms with Crippen molar-refractivity contribution in [2.24, 2.45) is 5.92 Å². The van der Waals surface area contributed by atoms with Crippen LogP contribution in [0.3, 0.4) is 0 Å². The van der Waals surface area contributed by atoms with Crippen molar-refractivity contribution in [2.75, 3.05) is 5.75 Å². The van der Waals surface area contributed by atoms with Gasteiger partial charge in [-0.15, -0.1) is 0 Å². The van der Waals surface area contributed by atoms with Crippen LogP contribution >= 0.6 is 11.8 Å². The largest absolute Gasteiger partial charge is 0.314 e. The minimum Gasteiger partial charge on any atom is -0.231 e. The zero-order chi connectivity index (χ0) is 10.8. The molecule has 2 aromatic rings. The molecule has 0 radical (unpaired) electrons. The van der Waals surface area contributed by atoms with Crippen LogP contribution in [0.1, 0.15) is 19.4 Å². The molecule has 0 atom stereocenters. The average Bonchev–Trinajstić information content (AvgIpc) is 2.56. The van der Waals surface area contributed by atoms with Crippen LogP contribution in [-0.4, -0.2) is 10.7 Å². The highest BCUT2D eigenvalue weighted by atomic mass is 32.2. The van der Waals surface area contributed by atoms with Gasteiger partial charge in [0, 0.05) is 5.75 Å². The lowest BCUT2D eigenvalue weighted by molar-refractivity contribution is -0.396. The van der Waals surface area contributed by atoms with E-state index in [1.54, 1.807) is 0 Å². The lowest BCUT2D eigenvalue weighted by Crippen LogP contribution is -2.03. The Balaban J connectivity index is 2.23. The Kier molecular flexibility index (Phi) is 3.00. The summed E-state index contributed by atoms with van der Waals surface area (Å²) in [6, 6.07) is 6.43. The zero-order valence-corrected chi connectivity index (χ0v) is 10.2. The van der Waals surface area contributed by atoms with Crippen molar-refractivity contribution in [3.05, 3.63) is 23.8 Å². The topological polar surface area (TPSA) is 29.9 Å². The summed E-state index contributed by atoms with van der Waals surface area (Å²) in [5, 5.41) is 1.16. The average molecular weight is 221 g/mol. The van der Waals surface area contributed by atoms with Crippen LogP contribution in [0, 0.1) is 12.8 Å². The molecule has 1 heterocycles. The third-order valence-corrected chi connectivity index (χ3v) is 3.56. The van der Waals surface area contributed by atoms with E-state index >= 15 is 0 Å². The molecule has 2 N–H and O–H groups in total. The normalized spacial score (nSPS) is 11.5. The Hall–Kier alpha value is -0.960. The van der Waals surface area contributed by atoms with Crippen LogP contribution in [0.5, 0.6) is 0 Å². The molecule has 0 aliphatic carbocycles. The molecule has 0 amide bonds. The van der Waals surface area contributed by atoms with Crippen molar-refractivity contribution < 1.29 is 4.98 Å². The smallest absolute Gasteiger partial charge is 0.231 e. The SMILES string of the molecule is Cc1ccc2[nH+]c(SCC(C)C)[nH]c2c1. The molecule has 0 aliphatic heterocycles. The summed E-state index contributed by atoms with van der Waals surface area (Å²) in [4.78, 5) is 6.78. The number of aromatic nitrogens is 2. The Morgan fingerprint density at radius 1 is 1.40 bits per heavy atom. The molecule has 1 aromatic carbocycles. The summed E-state index contributed by atoms with van der Waals surface area (Å²) in [5.74, 6) is 1.86.